The fourth-order valence-electron chi connectivity index (χ4n) is 5.59. The van der Waals surface area contributed by atoms with Gasteiger partial charge in [-0.15, -0.1) is 13.2 Å². The Bertz CT molecular complexity index is 1730. The number of benzene rings is 2. The molecule has 8 rings (SSSR count). The van der Waals surface area contributed by atoms with Crippen LogP contribution in [-0.4, -0.2) is 41.3 Å². The summed E-state index contributed by atoms with van der Waals surface area (Å²) in [6, 6.07) is 12.6. The summed E-state index contributed by atoms with van der Waals surface area (Å²) in [4.78, 5) is 16.3. The SMILES string of the molecule is COC(=O)c1ccc(-c2noc(C34CCC(COCc5c(-c6ccccc6OC(F)(F)F)noc5C5CC5)=C(C3)O4)n2)cc1. The van der Waals surface area contributed by atoms with E-state index in [-0.39, 0.29) is 36.1 Å². The van der Waals surface area contributed by atoms with E-state index in [0.717, 1.165) is 24.2 Å². The van der Waals surface area contributed by atoms with Gasteiger partial charge in [0.1, 0.15) is 23.0 Å². The van der Waals surface area contributed by atoms with E-state index in [1.807, 2.05) is 0 Å². The number of para-hydroxylation sites is 1. The maximum absolute atomic E-state index is 13.1. The fraction of sp³-hybridized carbons (Fsp3) is 0.355. The highest BCUT2D eigenvalue weighted by Gasteiger charge is 2.53. The van der Waals surface area contributed by atoms with Crippen LogP contribution in [0.1, 0.15) is 65.6 Å². The summed E-state index contributed by atoms with van der Waals surface area (Å²) in [5, 5.41) is 8.23. The number of hydrogen-bond donors (Lipinski definition) is 0. The second-order valence-corrected chi connectivity index (χ2v) is 11.0. The summed E-state index contributed by atoms with van der Waals surface area (Å²) in [5.74, 6) is 1.60. The Balaban J connectivity index is 1.02. The Morgan fingerprint density at radius 1 is 1.05 bits per heavy atom. The molecule has 4 heterocycles. The molecule has 4 aliphatic rings. The van der Waals surface area contributed by atoms with Gasteiger partial charge in [0.05, 0.1) is 32.3 Å². The molecule has 2 aliphatic heterocycles. The monoisotopic (exact) mass is 609 g/mol. The third-order valence-electron chi connectivity index (χ3n) is 8.03. The van der Waals surface area contributed by atoms with E-state index in [0.29, 0.717) is 53.4 Å². The van der Waals surface area contributed by atoms with Crippen molar-refractivity contribution in [3.05, 3.63) is 82.6 Å². The van der Waals surface area contributed by atoms with Crippen molar-refractivity contribution in [3.63, 3.8) is 0 Å². The topological polar surface area (TPSA) is 119 Å². The van der Waals surface area contributed by atoms with E-state index < -0.39 is 17.9 Å². The molecule has 10 nitrogen and oxygen atoms in total. The smallest absolute Gasteiger partial charge is 0.481 e. The maximum atomic E-state index is 13.1. The minimum atomic E-state index is -4.84. The summed E-state index contributed by atoms with van der Waals surface area (Å²) < 4.78 is 71.6. The highest BCUT2D eigenvalue weighted by atomic mass is 19.4. The van der Waals surface area contributed by atoms with Crippen LogP contribution < -0.4 is 4.74 Å². The van der Waals surface area contributed by atoms with E-state index in [1.165, 1.54) is 25.3 Å². The minimum absolute atomic E-state index is 0.106. The molecule has 13 heteroatoms. The standard InChI is InChI=1S/C31H26F3N3O7/c1-39-28(38)19-10-8-18(9-11-19)27-35-29(44-37-27)30-13-12-20(24(14-30)41-30)15-40-16-22-25(36-43-26(22)17-6-7-17)21-4-2-3-5-23(21)42-31(32,33)34/h2-5,8-11,17H,6-7,12-16H2,1H3. The summed E-state index contributed by atoms with van der Waals surface area (Å²) >= 11 is 0. The lowest BCUT2D eigenvalue weighted by Crippen LogP contribution is -2.44. The first-order chi connectivity index (χ1) is 21.2. The zero-order valence-electron chi connectivity index (χ0n) is 23.5. The second-order valence-electron chi connectivity index (χ2n) is 11.0. The average molecular weight is 610 g/mol. The molecule has 2 fully saturated rings. The van der Waals surface area contributed by atoms with E-state index >= 15 is 0 Å². The molecule has 228 valence electrons. The number of hydrogen-bond acceptors (Lipinski definition) is 10. The normalized spacial score (nSPS) is 19.4. The number of alkyl halides is 3. The third-order valence-corrected chi connectivity index (χ3v) is 8.03. The molecule has 0 spiro atoms. The van der Waals surface area contributed by atoms with Crippen LogP contribution >= 0.6 is 0 Å². The van der Waals surface area contributed by atoms with Crippen LogP contribution in [0, 0.1) is 0 Å². The largest absolute Gasteiger partial charge is 0.573 e. The van der Waals surface area contributed by atoms with Crippen molar-refractivity contribution in [1.82, 2.24) is 15.3 Å². The molecular weight excluding hydrogens is 583 g/mol. The second kappa shape index (κ2) is 10.8. The first-order valence-electron chi connectivity index (χ1n) is 14.1. The third kappa shape index (κ3) is 5.32. The molecule has 2 aliphatic carbocycles. The van der Waals surface area contributed by atoms with Crippen LogP contribution in [0.2, 0.25) is 0 Å². The number of aromatic nitrogens is 3. The molecule has 1 unspecified atom stereocenters. The Morgan fingerprint density at radius 2 is 1.82 bits per heavy atom. The maximum Gasteiger partial charge on any atom is 0.573 e. The Morgan fingerprint density at radius 3 is 2.50 bits per heavy atom. The van der Waals surface area contributed by atoms with Crippen LogP contribution in [0.25, 0.3) is 22.6 Å². The number of carbonyl (C=O) groups excluding carboxylic acids is 1. The Kier molecular flexibility index (Phi) is 6.91. The minimum Gasteiger partial charge on any atom is -0.481 e. The van der Waals surface area contributed by atoms with Gasteiger partial charge in [0.2, 0.25) is 5.82 Å². The molecule has 2 aromatic heterocycles. The summed E-state index contributed by atoms with van der Waals surface area (Å²) in [6.45, 7) is 0.386. The van der Waals surface area contributed by atoms with E-state index in [4.69, 9.17) is 23.3 Å². The number of rotatable bonds is 10. The van der Waals surface area contributed by atoms with Gasteiger partial charge in [0.25, 0.3) is 5.89 Å². The van der Waals surface area contributed by atoms with Crippen molar-refractivity contribution in [1.29, 1.82) is 0 Å². The molecule has 44 heavy (non-hydrogen) atoms. The zero-order chi connectivity index (χ0) is 30.5. The van der Waals surface area contributed by atoms with E-state index in [9.17, 15) is 18.0 Å². The number of methoxy groups -OCH3 is 1. The lowest BCUT2D eigenvalue weighted by atomic mass is 9.79. The zero-order valence-corrected chi connectivity index (χ0v) is 23.5. The number of esters is 1. The van der Waals surface area contributed by atoms with Gasteiger partial charge in [0.15, 0.2) is 5.60 Å². The molecule has 1 saturated carbocycles. The quantitative estimate of drug-likeness (QED) is 0.177. The molecule has 0 radical (unpaired) electrons. The van der Waals surface area contributed by atoms with Crippen molar-refractivity contribution in [2.24, 2.45) is 0 Å². The van der Waals surface area contributed by atoms with Crippen molar-refractivity contribution in [2.45, 2.75) is 56.6 Å². The van der Waals surface area contributed by atoms with Crippen LogP contribution in [-0.2, 0) is 26.4 Å². The van der Waals surface area contributed by atoms with Crippen LogP contribution in [0.15, 0.2) is 68.9 Å². The Hall–Kier alpha value is -4.65. The summed E-state index contributed by atoms with van der Waals surface area (Å²) in [7, 11) is 1.32. The highest BCUT2D eigenvalue weighted by Crippen LogP contribution is 2.53. The van der Waals surface area contributed by atoms with Gasteiger partial charge in [0, 0.05) is 29.0 Å². The Labute approximate surface area is 248 Å². The van der Waals surface area contributed by atoms with Gasteiger partial charge in [-0.05, 0) is 49.1 Å². The van der Waals surface area contributed by atoms with Gasteiger partial charge in [-0.1, -0.05) is 34.6 Å². The van der Waals surface area contributed by atoms with Gasteiger partial charge < -0.3 is 28.0 Å². The molecule has 1 atom stereocenters. The number of carbonyl (C=O) groups is 1. The van der Waals surface area contributed by atoms with Crippen molar-refractivity contribution >= 4 is 5.97 Å². The molecule has 0 N–H and O–H groups in total. The lowest BCUT2D eigenvalue weighted by Gasteiger charge is -2.46. The van der Waals surface area contributed by atoms with E-state index in [2.05, 4.69) is 20.0 Å². The van der Waals surface area contributed by atoms with Crippen LogP contribution in [0.3, 0.4) is 0 Å². The molecule has 0 amide bonds. The molecule has 2 bridgehead atoms. The van der Waals surface area contributed by atoms with Crippen LogP contribution in [0.5, 0.6) is 5.75 Å². The van der Waals surface area contributed by atoms with Gasteiger partial charge in [-0.25, -0.2) is 4.79 Å². The molecular formula is C31H26F3N3O7. The van der Waals surface area contributed by atoms with Crippen molar-refractivity contribution in [2.75, 3.05) is 13.7 Å². The highest BCUT2D eigenvalue weighted by molar-refractivity contribution is 5.89. The number of ether oxygens (including phenoxy) is 4. The summed E-state index contributed by atoms with van der Waals surface area (Å²) in [6.07, 6.45) is -1.11. The molecule has 1 saturated heterocycles. The van der Waals surface area contributed by atoms with Gasteiger partial charge in [-0.2, -0.15) is 4.98 Å². The average Bonchev–Trinajstić information content (AvgIpc) is 3.56. The number of fused-ring (bicyclic) bond motifs is 2. The first-order valence-corrected chi connectivity index (χ1v) is 14.1. The first kappa shape index (κ1) is 28.1. The number of halogens is 3. The van der Waals surface area contributed by atoms with Crippen molar-refractivity contribution in [3.8, 4) is 28.4 Å². The molecule has 2 aromatic carbocycles. The molecule has 4 aromatic rings. The van der Waals surface area contributed by atoms with E-state index in [1.54, 1.807) is 30.3 Å². The fourth-order valence-corrected chi connectivity index (χ4v) is 5.59. The predicted octanol–water partition coefficient (Wildman–Crippen LogP) is 6.83. The predicted molar refractivity (Wildman–Crippen MR) is 145 cm³/mol. The van der Waals surface area contributed by atoms with Crippen molar-refractivity contribution < 1.29 is 46.0 Å². The van der Waals surface area contributed by atoms with Gasteiger partial charge in [-0.3, -0.25) is 0 Å². The number of nitrogens with zero attached hydrogens (tertiary/aromatic N) is 3. The summed E-state index contributed by atoms with van der Waals surface area (Å²) in [5.41, 5.74) is 2.49. The van der Waals surface area contributed by atoms with Crippen LogP contribution in [0.4, 0.5) is 13.2 Å². The van der Waals surface area contributed by atoms with Gasteiger partial charge >= 0.3 is 12.3 Å². The lowest BCUT2D eigenvalue weighted by molar-refractivity contribution is -0.274.